The van der Waals surface area contributed by atoms with Crippen molar-refractivity contribution in [1.82, 2.24) is 5.32 Å². The maximum absolute atomic E-state index is 11.7. The smallest absolute Gasteiger partial charge is 0.287 e. The van der Waals surface area contributed by atoms with E-state index in [1.54, 1.807) is 6.07 Å². The fraction of sp³-hybridized carbons (Fsp3) is 0.250. The molecule has 1 aromatic carbocycles. The summed E-state index contributed by atoms with van der Waals surface area (Å²) in [4.78, 5) is 11.7. The molecule has 1 aromatic heterocycles. The van der Waals surface area contributed by atoms with E-state index in [4.69, 9.17) is 16.0 Å². The van der Waals surface area contributed by atoms with Crippen molar-refractivity contribution in [2.24, 2.45) is 0 Å². The van der Waals surface area contributed by atoms with Crippen molar-refractivity contribution >= 4 is 28.5 Å². The van der Waals surface area contributed by atoms with Gasteiger partial charge >= 0.3 is 0 Å². The van der Waals surface area contributed by atoms with Crippen LogP contribution < -0.4 is 5.32 Å². The minimum Gasteiger partial charge on any atom is -0.451 e. The van der Waals surface area contributed by atoms with Gasteiger partial charge in [0.2, 0.25) is 0 Å². The zero-order valence-electron chi connectivity index (χ0n) is 8.87. The van der Waals surface area contributed by atoms with Gasteiger partial charge in [-0.1, -0.05) is 18.2 Å². The molecule has 0 saturated carbocycles. The molecule has 1 heterocycles. The van der Waals surface area contributed by atoms with E-state index in [1.807, 2.05) is 31.2 Å². The summed E-state index contributed by atoms with van der Waals surface area (Å²) >= 11 is 5.74. The van der Waals surface area contributed by atoms with E-state index in [2.05, 4.69) is 5.32 Å². The lowest BCUT2D eigenvalue weighted by atomic mass is 10.2. The third-order valence-corrected chi connectivity index (χ3v) is 2.35. The Morgan fingerprint density at radius 2 is 2.25 bits per heavy atom. The van der Waals surface area contributed by atoms with Crippen LogP contribution in [-0.2, 0) is 0 Å². The maximum Gasteiger partial charge on any atom is 0.287 e. The van der Waals surface area contributed by atoms with E-state index in [1.165, 1.54) is 0 Å². The number of alkyl halides is 1. The summed E-state index contributed by atoms with van der Waals surface area (Å²) in [5.74, 6) is 0.0854. The van der Waals surface area contributed by atoms with Gasteiger partial charge in [-0.05, 0) is 19.1 Å². The first-order chi connectivity index (χ1) is 7.66. The third-order valence-electron chi connectivity index (χ3n) is 2.19. The summed E-state index contributed by atoms with van der Waals surface area (Å²) in [5.41, 5.74) is 0.714. The molecule has 1 unspecified atom stereocenters. The first-order valence-electron chi connectivity index (χ1n) is 5.07. The van der Waals surface area contributed by atoms with Gasteiger partial charge in [-0.15, -0.1) is 11.6 Å². The number of rotatable bonds is 3. The first kappa shape index (κ1) is 11.0. The molecule has 0 spiro atoms. The van der Waals surface area contributed by atoms with E-state index in [0.717, 1.165) is 5.39 Å². The molecule has 0 aliphatic carbocycles. The molecule has 2 rings (SSSR count). The predicted molar refractivity (Wildman–Crippen MR) is 63.9 cm³/mol. The second kappa shape index (κ2) is 4.58. The Hall–Kier alpha value is -1.48. The zero-order chi connectivity index (χ0) is 11.5. The van der Waals surface area contributed by atoms with Gasteiger partial charge in [-0.2, -0.15) is 0 Å². The van der Waals surface area contributed by atoms with Gasteiger partial charge < -0.3 is 9.73 Å². The number of amides is 1. The molecule has 84 valence electrons. The molecular formula is C12H12ClNO2. The molecule has 0 aliphatic rings. The Kier molecular flexibility index (Phi) is 3.15. The van der Waals surface area contributed by atoms with Crippen LogP contribution >= 0.6 is 11.6 Å². The van der Waals surface area contributed by atoms with Crippen LogP contribution in [0.4, 0.5) is 0 Å². The fourth-order valence-electron chi connectivity index (χ4n) is 1.41. The van der Waals surface area contributed by atoms with Crippen LogP contribution in [0.25, 0.3) is 11.0 Å². The highest BCUT2D eigenvalue weighted by molar-refractivity contribution is 6.20. The number of nitrogens with one attached hydrogen (secondary N) is 1. The number of carbonyl (C=O) groups is 1. The molecule has 4 heteroatoms. The summed E-state index contributed by atoms with van der Waals surface area (Å²) in [6.07, 6.45) is 0. The largest absolute Gasteiger partial charge is 0.451 e. The number of halogens is 1. The van der Waals surface area contributed by atoms with Crippen molar-refractivity contribution in [1.29, 1.82) is 0 Å². The molecule has 0 aliphatic heterocycles. The quantitative estimate of drug-likeness (QED) is 0.835. The first-order valence-corrected chi connectivity index (χ1v) is 5.51. The van der Waals surface area contributed by atoms with Crippen molar-refractivity contribution < 1.29 is 9.21 Å². The molecule has 0 fully saturated rings. The molecule has 1 amide bonds. The monoisotopic (exact) mass is 237 g/mol. The number of carbonyl (C=O) groups excluding carboxylic acids is 1. The van der Waals surface area contributed by atoms with Gasteiger partial charge in [0.1, 0.15) is 5.58 Å². The van der Waals surface area contributed by atoms with E-state index < -0.39 is 0 Å². The summed E-state index contributed by atoms with van der Waals surface area (Å²) < 4.78 is 5.41. The highest BCUT2D eigenvalue weighted by Crippen LogP contribution is 2.18. The van der Waals surface area contributed by atoms with E-state index in [9.17, 15) is 4.79 Å². The van der Waals surface area contributed by atoms with Crippen molar-refractivity contribution in [3.05, 3.63) is 36.1 Å². The molecule has 0 saturated heterocycles. The SMILES string of the molecule is CC(Cl)CNC(=O)c1cc2ccccc2o1. The number of hydrogen-bond acceptors (Lipinski definition) is 2. The highest BCUT2D eigenvalue weighted by Gasteiger charge is 2.11. The van der Waals surface area contributed by atoms with Crippen LogP contribution in [0.2, 0.25) is 0 Å². The summed E-state index contributed by atoms with van der Waals surface area (Å²) in [6.45, 7) is 2.25. The Morgan fingerprint density at radius 3 is 2.94 bits per heavy atom. The van der Waals surface area contributed by atoms with Crippen molar-refractivity contribution in [3.8, 4) is 0 Å². The number of benzene rings is 1. The lowest BCUT2D eigenvalue weighted by Gasteiger charge is -2.03. The summed E-state index contributed by atoms with van der Waals surface area (Å²) in [5, 5.41) is 3.53. The molecule has 0 bridgehead atoms. The minimum atomic E-state index is -0.233. The number of furan rings is 1. The fourth-order valence-corrected chi connectivity index (χ4v) is 1.49. The highest BCUT2D eigenvalue weighted by atomic mass is 35.5. The van der Waals surface area contributed by atoms with Crippen molar-refractivity contribution in [3.63, 3.8) is 0 Å². The van der Waals surface area contributed by atoms with Crippen molar-refractivity contribution in [2.45, 2.75) is 12.3 Å². The molecular weight excluding hydrogens is 226 g/mol. The van der Waals surface area contributed by atoms with Crippen molar-refractivity contribution in [2.75, 3.05) is 6.54 Å². The van der Waals surface area contributed by atoms with E-state index in [-0.39, 0.29) is 11.3 Å². The van der Waals surface area contributed by atoms with Gasteiger partial charge in [0.05, 0.1) is 0 Å². The van der Waals surface area contributed by atoms with Gasteiger partial charge in [0.15, 0.2) is 5.76 Å². The van der Waals surface area contributed by atoms with Gasteiger partial charge in [-0.25, -0.2) is 0 Å². The Morgan fingerprint density at radius 1 is 1.50 bits per heavy atom. The number of fused-ring (bicyclic) bond motifs is 1. The van der Waals surface area contributed by atoms with E-state index >= 15 is 0 Å². The van der Waals surface area contributed by atoms with Crippen LogP contribution in [0.1, 0.15) is 17.5 Å². The Bertz CT molecular complexity index is 471. The molecule has 2 aromatic rings. The average Bonchev–Trinajstić information content (AvgIpc) is 2.69. The van der Waals surface area contributed by atoms with Crippen LogP contribution in [-0.4, -0.2) is 17.8 Å². The number of hydrogen-bond donors (Lipinski definition) is 1. The minimum absolute atomic E-state index is 0.0895. The lowest BCUT2D eigenvalue weighted by Crippen LogP contribution is -2.28. The van der Waals surface area contributed by atoms with Crippen LogP contribution in [0.3, 0.4) is 0 Å². The van der Waals surface area contributed by atoms with Crippen LogP contribution in [0.15, 0.2) is 34.7 Å². The normalized spacial score (nSPS) is 12.6. The predicted octanol–water partition coefficient (Wildman–Crippen LogP) is 2.79. The molecule has 16 heavy (non-hydrogen) atoms. The number of para-hydroxylation sites is 1. The van der Waals surface area contributed by atoms with Crippen LogP contribution in [0.5, 0.6) is 0 Å². The third kappa shape index (κ3) is 2.36. The molecule has 0 radical (unpaired) electrons. The van der Waals surface area contributed by atoms with Gasteiger partial charge in [-0.3, -0.25) is 4.79 Å². The molecule has 1 N–H and O–H groups in total. The van der Waals surface area contributed by atoms with Crippen LogP contribution in [0, 0.1) is 0 Å². The van der Waals surface area contributed by atoms with Gasteiger partial charge in [0.25, 0.3) is 5.91 Å². The lowest BCUT2D eigenvalue weighted by molar-refractivity contribution is 0.0928. The summed E-state index contributed by atoms with van der Waals surface area (Å²) in [7, 11) is 0. The second-order valence-electron chi connectivity index (χ2n) is 3.64. The zero-order valence-corrected chi connectivity index (χ0v) is 9.62. The molecule has 3 nitrogen and oxygen atoms in total. The maximum atomic E-state index is 11.7. The van der Waals surface area contributed by atoms with Gasteiger partial charge in [0, 0.05) is 17.3 Å². The standard InChI is InChI=1S/C12H12ClNO2/c1-8(13)7-14-12(15)11-6-9-4-2-3-5-10(9)16-11/h2-6,8H,7H2,1H3,(H,14,15). The van der Waals surface area contributed by atoms with E-state index in [0.29, 0.717) is 17.9 Å². The second-order valence-corrected chi connectivity index (χ2v) is 4.38. The topological polar surface area (TPSA) is 42.2 Å². The Labute approximate surface area is 98.4 Å². The molecule has 1 atom stereocenters. The average molecular weight is 238 g/mol. The Balaban J connectivity index is 2.17. The summed E-state index contributed by atoms with van der Waals surface area (Å²) in [6, 6.07) is 9.23.